The quantitative estimate of drug-likeness (QED) is 0.388. The van der Waals surface area contributed by atoms with Crippen LogP contribution in [0.2, 0.25) is 5.02 Å². The Labute approximate surface area is 211 Å². The largest absolute Gasteiger partial charge is 0.447 e. The number of aryl methyl sites for hydroxylation is 1. The fourth-order valence-corrected chi connectivity index (χ4v) is 3.93. The summed E-state index contributed by atoms with van der Waals surface area (Å²) in [6.45, 7) is 3.41. The van der Waals surface area contributed by atoms with E-state index in [0.29, 0.717) is 30.1 Å². The van der Waals surface area contributed by atoms with Gasteiger partial charge in [-0.1, -0.05) is 54.1 Å². The van der Waals surface area contributed by atoms with Crippen molar-refractivity contribution in [3.63, 3.8) is 0 Å². The predicted octanol–water partition coefficient (Wildman–Crippen LogP) is 5.45. The van der Waals surface area contributed by atoms with E-state index in [1.807, 2.05) is 42.5 Å². The number of carbonyl (C=O) groups excluding carboxylic acids is 2. The van der Waals surface area contributed by atoms with Gasteiger partial charge in [0.1, 0.15) is 12.4 Å². The summed E-state index contributed by atoms with van der Waals surface area (Å²) in [7, 11) is 1.69. The molecule has 0 fully saturated rings. The summed E-state index contributed by atoms with van der Waals surface area (Å²) < 4.78 is 5.45. The Bertz CT molecular complexity index is 1160. The van der Waals surface area contributed by atoms with E-state index in [2.05, 4.69) is 10.3 Å². The average molecular weight is 498 g/mol. The van der Waals surface area contributed by atoms with Crippen molar-refractivity contribution < 1.29 is 19.4 Å². The number of amides is 2. The van der Waals surface area contributed by atoms with Crippen molar-refractivity contribution in [1.29, 1.82) is 0 Å². The Kier molecular flexibility index (Phi) is 9.07. The van der Waals surface area contributed by atoms with Gasteiger partial charge in [-0.3, -0.25) is 10.1 Å². The SMILES string of the molecule is CN(C(=O)CCc1ccccc1Cl)[C@@H](CCC(C)(C)O)COC(=O)Nc1cc2ccccc2cn1. The molecule has 0 aliphatic rings. The zero-order valence-electron chi connectivity index (χ0n) is 20.3. The zero-order chi connectivity index (χ0) is 25.4. The molecule has 0 spiro atoms. The van der Waals surface area contributed by atoms with Crippen LogP contribution in [0.1, 0.15) is 38.7 Å². The molecule has 3 rings (SSSR count). The maximum Gasteiger partial charge on any atom is 0.412 e. The van der Waals surface area contributed by atoms with Gasteiger partial charge >= 0.3 is 6.09 Å². The van der Waals surface area contributed by atoms with Gasteiger partial charge in [-0.25, -0.2) is 9.78 Å². The molecule has 2 N–H and O–H groups in total. The Hall–Kier alpha value is -3.16. The van der Waals surface area contributed by atoms with E-state index >= 15 is 0 Å². The van der Waals surface area contributed by atoms with Crippen LogP contribution in [0.15, 0.2) is 60.8 Å². The molecule has 0 unspecified atom stereocenters. The Balaban J connectivity index is 1.59. The van der Waals surface area contributed by atoms with Crippen LogP contribution < -0.4 is 5.32 Å². The van der Waals surface area contributed by atoms with Gasteiger partial charge in [-0.15, -0.1) is 0 Å². The number of aromatic nitrogens is 1. The van der Waals surface area contributed by atoms with Gasteiger partial charge in [-0.05, 0) is 56.2 Å². The summed E-state index contributed by atoms with van der Waals surface area (Å²) in [4.78, 5) is 31.2. The van der Waals surface area contributed by atoms with Gasteiger partial charge in [0.15, 0.2) is 0 Å². The van der Waals surface area contributed by atoms with Crippen LogP contribution >= 0.6 is 11.6 Å². The lowest BCUT2D eigenvalue weighted by Gasteiger charge is -2.30. The highest BCUT2D eigenvalue weighted by molar-refractivity contribution is 6.31. The average Bonchev–Trinajstić information content (AvgIpc) is 2.82. The second kappa shape index (κ2) is 12.0. The highest BCUT2D eigenvalue weighted by Gasteiger charge is 2.25. The van der Waals surface area contributed by atoms with Crippen LogP contribution in [0.4, 0.5) is 10.6 Å². The highest BCUT2D eigenvalue weighted by atomic mass is 35.5. The second-order valence-electron chi connectivity index (χ2n) is 9.24. The normalized spacial score (nSPS) is 12.3. The maximum atomic E-state index is 12.9. The number of anilines is 1. The minimum atomic E-state index is -0.906. The summed E-state index contributed by atoms with van der Waals surface area (Å²) in [6.07, 6.45) is 2.72. The lowest BCUT2D eigenvalue weighted by atomic mass is 9.98. The fourth-order valence-electron chi connectivity index (χ4n) is 3.70. The van der Waals surface area contributed by atoms with E-state index in [0.717, 1.165) is 16.3 Å². The molecule has 0 saturated heterocycles. The smallest absolute Gasteiger partial charge is 0.412 e. The van der Waals surface area contributed by atoms with Gasteiger partial charge in [0.05, 0.1) is 11.6 Å². The van der Waals surface area contributed by atoms with Crippen molar-refractivity contribution in [3.8, 4) is 0 Å². The minimum absolute atomic E-state index is 0.0101. The number of nitrogens with one attached hydrogen (secondary N) is 1. The third kappa shape index (κ3) is 8.23. The lowest BCUT2D eigenvalue weighted by Crippen LogP contribution is -2.42. The number of nitrogens with zero attached hydrogens (tertiary/aromatic N) is 2. The number of benzene rings is 2. The number of hydrogen-bond acceptors (Lipinski definition) is 5. The Morgan fingerprint density at radius 1 is 1.14 bits per heavy atom. The third-order valence-corrected chi connectivity index (χ3v) is 6.23. The number of rotatable bonds is 10. The van der Waals surface area contributed by atoms with Crippen molar-refractivity contribution in [3.05, 3.63) is 71.4 Å². The topological polar surface area (TPSA) is 91.8 Å². The van der Waals surface area contributed by atoms with Crippen molar-refractivity contribution in [1.82, 2.24) is 9.88 Å². The molecule has 0 aliphatic carbocycles. The number of pyridine rings is 1. The summed E-state index contributed by atoms with van der Waals surface area (Å²) >= 11 is 6.21. The first-order valence-corrected chi connectivity index (χ1v) is 12.0. The number of ether oxygens (including phenoxy) is 1. The van der Waals surface area contributed by atoms with E-state index in [1.54, 1.807) is 44.1 Å². The second-order valence-corrected chi connectivity index (χ2v) is 9.65. The molecule has 0 saturated carbocycles. The van der Waals surface area contributed by atoms with Gasteiger partial charge < -0.3 is 14.7 Å². The van der Waals surface area contributed by atoms with Crippen molar-refractivity contribution >= 4 is 40.2 Å². The summed E-state index contributed by atoms with van der Waals surface area (Å²) in [5.74, 6) is 0.289. The van der Waals surface area contributed by atoms with Gasteiger partial charge in [-0.2, -0.15) is 0 Å². The molecule has 7 nitrogen and oxygen atoms in total. The summed E-state index contributed by atoms with van der Waals surface area (Å²) in [5.41, 5.74) is -0.000713. The summed E-state index contributed by atoms with van der Waals surface area (Å²) in [6, 6.07) is 16.5. The first-order chi connectivity index (χ1) is 16.6. The molecule has 35 heavy (non-hydrogen) atoms. The van der Waals surface area contributed by atoms with Crippen LogP contribution in [0.5, 0.6) is 0 Å². The molecule has 2 amide bonds. The lowest BCUT2D eigenvalue weighted by molar-refractivity contribution is -0.133. The van der Waals surface area contributed by atoms with E-state index in [1.165, 1.54) is 0 Å². The van der Waals surface area contributed by atoms with E-state index in [9.17, 15) is 14.7 Å². The number of halogens is 1. The van der Waals surface area contributed by atoms with E-state index in [4.69, 9.17) is 16.3 Å². The van der Waals surface area contributed by atoms with Crippen LogP contribution in [0.3, 0.4) is 0 Å². The molecule has 8 heteroatoms. The first-order valence-electron chi connectivity index (χ1n) is 11.6. The zero-order valence-corrected chi connectivity index (χ0v) is 21.1. The van der Waals surface area contributed by atoms with Crippen LogP contribution in [-0.2, 0) is 16.0 Å². The molecule has 2 aromatic carbocycles. The van der Waals surface area contributed by atoms with E-state index in [-0.39, 0.29) is 18.9 Å². The third-order valence-electron chi connectivity index (χ3n) is 5.86. The van der Waals surface area contributed by atoms with Gasteiger partial charge in [0, 0.05) is 30.1 Å². The monoisotopic (exact) mass is 497 g/mol. The van der Waals surface area contributed by atoms with E-state index < -0.39 is 17.7 Å². The highest BCUT2D eigenvalue weighted by Crippen LogP contribution is 2.20. The minimum Gasteiger partial charge on any atom is -0.447 e. The molecular weight excluding hydrogens is 466 g/mol. The molecule has 1 atom stereocenters. The molecule has 186 valence electrons. The van der Waals surface area contributed by atoms with Crippen molar-refractivity contribution in [2.75, 3.05) is 19.0 Å². The molecule has 3 aromatic rings. The van der Waals surface area contributed by atoms with Crippen LogP contribution in [0.25, 0.3) is 10.8 Å². The number of carbonyl (C=O) groups is 2. The van der Waals surface area contributed by atoms with Crippen LogP contribution in [-0.4, -0.2) is 52.3 Å². The molecule has 1 aromatic heterocycles. The standard InChI is InChI=1S/C27H32ClN3O4/c1-27(2,34)15-14-22(31(3)25(32)13-12-19-8-6-7-11-23(19)28)18-35-26(33)30-24-16-20-9-4-5-10-21(20)17-29-24/h4-11,16-17,22,34H,12-15,18H2,1-3H3,(H,29,30,33)/t22-/m0/s1. The molecule has 1 heterocycles. The molecule has 0 radical (unpaired) electrons. The molecule has 0 bridgehead atoms. The summed E-state index contributed by atoms with van der Waals surface area (Å²) in [5, 5.41) is 15.4. The Morgan fingerprint density at radius 3 is 2.54 bits per heavy atom. The van der Waals surface area contributed by atoms with Gasteiger partial charge in [0.2, 0.25) is 5.91 Å². The first kappa shape index (κ1) is 26.4. The van der Waals surface area contributed by atoms with Crippen LogP contribution in [0, 0.1) is 0 Å². The van der Waals surface area contributed by atoms with Gasteiger partial charge in [0.25, 0.3) is 0 Å². The number of hydrogen-bond donors (Lipinski definition) is 2. The molecular formula is C27H32ClN3O4. The number of aliphatic hydroxyl groups is 1. The van der Waals surface area contributed by atoms with Crippen molar-refractivity contribution in [2.24, 2.45) is 0 Å². The number of fused-ring (bicyclic) bond motifs is 1. The number of likely N-dealkylation sites (N-methyl/N-ethyl adjacent to an activating group) is 1. The maximum absolute atomic E-state index is 12.9. The van der Waals surface area contributed by atoms with Crippen molar-refractivity contribution in [2.45, 2.75) is 51.2 Å². The predicted molar refractivity (Wildman–Crippen MR) is 139 cm³/mol. The Morgan fingerprint density at radius 2 is 1.83 bits per heavy atom. The molecule has 0 aliphatic heterocycles. The fraction of sp³-hybridized carbons (Fsp3) is 0.370.